The predicted octanol–water partition coefficient (Wildman–Crippen LogP) is 2.81. The Balaban J connectivity index is 1.83. The molecule has 0 saturated heterocycles. The number of aryl methyl sites for hydroxylation is 1. The van der Waals surface area contributed by atoms with E-state index in [0.717, 1.165) is 11.1 Å². The van der Waals surface area contributed by atoms with Crippen molar-refractivity contribution in [3.05, 3.63) is 80.4 Å². The Morgan fingerprint density at radius 3 is 2.75 bits per heavy atom. The van der Waals surface area contributed by atoms with Crippen LogP contribution in [-0.4, -0.2) is 14.6 Å². The smallest absolute Gasteiger partial charge is 0.266 e. The number of hydrogen-bond acceptors (Lipinski definition) is 4. The second kappa shape index (κ2) is 5.65. The molecule has 0 bridgehead atoms. The molecule has 118 valence electrons. The van der Waals surface area contributed by atoms with Gasteiger partial charge in [0.05, 0.1) is 4.53 Å². The summed E-state index contributed by atoms with van der Waals surface area (Å²) in [5.74, 6) is 0.191. The lowest BCUT2D eigenvalue weighted by Crippen LogP contribution is -2.23. The van der Waals surface area contributed by atoms with Crippen LogP contribution in [0.15, 0.2) is 53.3 Å². The van der Waals surface area contributed by atoms with Gasteiger partial charge in [-0.25, -0.2) is 4.39 Å². The Hall–Kier alpha value is -2.86. The molecule has 0 fully saturated rings. The van der Waals surface area contributed by atoms with Crippen molar-refractivity contribution in [2.45, 2.75) is 6.92 Å². The van der Waals surface area contributed by atoms with Crippen LogP contribution >= 0.6 is 11.3 Å². The van der Waals surface area contributed by atoms with E-state index in [0.29, 0.717) is 20.9 Å². The van der Waals surface area contributed by atoms with Gasteiger partial charge in [0.2, 0.25) is 4.96 Å². The van der Waals surface area contributed by atoms with E-state index in [1.54, 1.807) is 18.2 Å². The first-order valence-corrected chi connectivity index (χ1v) is 8.16. The molecule has 4 nitrogen and oxygen atoms in total. The van der Waals surface area contributed by atoms with Crippen molar-refractivity contribution in [1.82, 2.24) is 14.6 Å². The Labute approximate surface area is 140 Å². The maximum absolute atomic E-state index is 13.3. The first kappa shape index (κ1) is 14.7. The van der Waals surface area contributed by atoms with Gasteiger partial charge in [-0.15, -0.1) is 5.10 Å². The molecule has 0 aliphatic heterocycles. The molecule has 0 atom stereocenters. The highest BCUT2D eigenvalue weighted by molar-refractivity contribution is 7.15. The van der Waals surface area contributed by atoms with Crippen molar-refractivity contribution < 1.29 is 4.39 Å². The van der Waals surface area contributed by atoms with Gasteiger partial charge in [-0.3, -0.25) is 4.79 Å². The van der Waals surface area contributed by atoms with Gasteiger partial charge in [-0.2, -0.15) is 9.50 Å². The van der Waals surface area contributed by atoms with Crippen LogP contribution in [0.25, 0.3) is 22.4 Å². The Morgan fingerprint density at radius 1 is 1.17 bits per heavy atom. The summed E-state index contributed by atoms with van der Waals surface area (Å²) in [4.78, 5) is 17.4. The van der Waals surface area contributed by atoms with E-state index < -0.39 is 0 Å². The summed E-state index contributed by atoms with van der Waals surface area (Å²) >= 11 is 1.24. The van der Waals surface area contributed by atoms with Crippen LogP contribution < -0.4 is 10.1 Å². The molecular formula is C18H12FN3OS. The van der Waals surface area contributed by atoms with Gasteiger partial charge in [0.15, 0.2) is 5.82 Å². The largest absolute Gasteiger partial charge is 0.291 e. The summed E-state index contributed by atoms with van der Waals surface area (Å²) in [6, 6.07) is 13.9. The van der Waals surface area contributed by atoms with E-state index in [9.17, 15) is 9.18 Å². The van der Waals surface area contributed by atoms with Crippen molar-refractivity contribution in [3.8, 4) is 11.4 Å². The van der Waals surface area contributed by atoms with Crippen molar-refractivity contribution in [2.24, 2.45) is 0 Å². The van der Waals surface area contributed by atoms with E-state index in [2.05, 4.69) is 10.1 Å². The number of rotatable bonds is 2. The zero-order valence-corrected chi connectivity index (χ0v) is 13.5. The summed E-state index contributed by atoms with van der Waals surface area (Å²) < 4.78 is 15.0. The van der Waals surface area contributed by atoms with Gasteiger partial charge in [-0.1, -0.05) is 47.2 Å². The minimum absolute atomic E-state index is 0.245. The molecule has 0 aliphatic carbocycles. The first-order chi connectivity index (χ1) is 11.6. The van der Waals surface area contributed by atoms with Crippen molar-refractivity contribution in [3.63, 3.8) is 0 Å². The zero-order valence-electron chi connectivity index (χ0n) is 12.7. The fourth-order valence-electron chi connectivity index (χ4n) is 2.49. The van der Waals surface area contributed by atoms with Crippen LogP contribution in [0.5, 0.6) is 0 Å². The third-order valence-corrected chi connectivity index (χ3v) is 4.56. The van der Waals surface area contributed by atoms with E-state index in [1.807, 2.05) is 31.2 Å². The van der Waals surface area contributed by atoms with Crippen molar-refractivity contribution in [1.29, 1.82) is 0 Å². The molecule has 0 aliphatic rings. The first-order valence-electron chi connectivity index (χ1n) is 7.34. The maximum atomic E-state index is 13.3. The standard InChI is InChI=1S/C18H12FN3OS/c1-11-4-2-6-13(8-11)16-20-18-22(21-16)17(23)15(24-18)10-12-5-3-7-14(19)9-12/h2-10H,1H3/b15-10-. The third kappa shape index (κ3) is 2.61. The topological polar surface area (TPSA) is 47.3 Å². The summed E-state index contributed by atoms with van der Waals surface area (Å²) in [6.07, 6.45) is 1.65. The average Bonchev–Trinajstić information content (AvgIpc) is 3.08. The molecule has 0 N–H and O–H groups in total. The van der Waals surface area contributed by atoms with Gasteiger partial charge >= 0.3 is 0 Å². The van der Waals surface area contributed by atoms with Crippen LogP contribution in [0.1, 0.15) is 11.1 Å². The minimum Gasteiger partial charge on any atom is -0.266 e. The molecule has 4 rings (SSSR count). The van der Waals surface area contributed by atoms with Crippen LogP contribution in [0.4, 0.5) is 4.39 Å². The third-order valence-electron chi connectivity index (χ3n) is 3.60. The van der Waals surface area contributed by atoms with E-state index >= 15 is 0 Å². The highest BCUT2D eigenvalue weighted by atomic mass is 32.1. The van der Waals surface area contributed by atoms with E-state index in [1.165, 1.54) is 28.0 Å². The molecule has 0 radical (unpaired) electrons. The minimum atomic E-state index is -0.336. The normalized spacial score (nSPS) is 12.2. The number of hydrogen-bond donors (Lipinski definition) is 0. The lowest BCUT2D eigenvalue weighted by molar-refractivity contribution is 0.627. The lowest BCUT2D eigenvalue weighted by atomic mass is 10.1. The molecule has 0 spiro atoms. The van der Waals surface area contributed by atoms with Crippen LogP contribution in [0, 0.1) is 12.7 Å². The zero-order chi connectivity index (χ0) is 16.7. The molecule has 2 aromatic carbocycles. The van der Waals surface area contributed by atoms with Gasteiger partial charge in [0, 0.05) is 5.56 Å². The number of aromatic nitrogens is 3. The highest BCUT2D eigenvalue weighted by Crippen LogP contribution is 2.17. The van der Waals surface area contributed by atoms with Gasteiger partial charge in [-0.05, 0) is 36.8 Å². The Kier molecular flexibility index (Phi) is 3.46. The van der Waals surface area contributed by atoms with Gasteiger partial charge < -0.3 is 0 Å². The molecule has 4 aromatic rings. The Morgan fingerprint density at radius 2 is 2.00 bits per heavy atom. The van der Waals surface area contributed by atoms with Crippen LogP contribution in [-0.2, 0) is 0 Å². The summed E-state index contributed by atoms with van der Waals surface area (Å²) in [7, 11) is 0. The van der Waals surface area contributed by atoms with Gasteiger partial charge in [0.1, 0.15) is 5.82 Å². The summed E-state index contributed by atoms with van der Waals surface area (Å²) in [5.41, 5.74) is 2.37. The van der Waals surface area contributed by atoms with E-state index in [-0.39, 0.29) is 11.4 Å². The van der Waals surface area contributed by atoms with E-state index in [4.69, 9.17) is 0 Å². The SMILES string of the molecule is Cc1cccc(-c2nc3s/c(=C\c4cccc(F)c4)c(=O)n3n2)c1. The van der Waals surface area contributed by atoms with Crippen molar-refractivity contribution >= 4 is 22.4 Å². The maximum Gasteiger partial charge on any atom is 0.291 e. The molecule has 0 saturated carbocycles. The van der Waals surface area contributed by atoms with Gasteiger partial charge in [0.25, 0.3) is 5.56 Å². The highest BCUT2D eigenvalue weighted by Gasteiger charge is 2.12. The number of benzene rings is 2. The average molecular weight is 337 g/mol. The van der Waals surface area contributed by atoms with Crippen LogP contribution in [0.3, 0.4) is 0 Å². The predicted molar refractivity (Wildman–Crippen MR) is 92.5 cm³/mol. The molecule has 2 heterocycles. The number of fused-ring (bicyclic) bond motifs is 1. The molecule has 24 heavy (non-hydrogen) atoms. The second-order valence-electron chi connectivity index (χ2n) is 5.47. The fraction of sp³-hybridized carbons (Fsp3) is 0.0556. The molecule has 2 aromatic heterocycles. The fourth-order valence-corrected chi connectivity index (χ4v) is 3.40. The van der Waals surface area contributed by atoms with Crippen molar-refractivity contribution in [2.75, 3.05) is 0 Å². The molecule has 0 amide bonds. The molecule has 0 unspecified atom stereocenters. The molecular weight excluding hydrogens is 325 g/mol. The molecule has 6 heteroatoms. The number of thiazole rings is 1. The second-order valence-corrected chi connectivity index (χ2v) is 6.48. The lowest BCUT2D eigenvalue weighted by Gasteiger charge is -1.95. The summed E-state index contributed by atoms with van der Waals surface area (Å²) in [6.45, 7) is 1.99. The summed E-state index contributed by atoms with van der Waals surface area (Å²) in [5, 5.41) is 4.31. The van der Waals surface area contributed by atoms with Crippen LogP contribution in [0.2, 0.25) is 0 Å². The number of halogens is 1. The quantitative estimate of drug-likeness (QED) is 0.565. The Bertz CT molecular complexity index is 1160. The monoisotopic (exact) mass is 337 g/mol. The number of nitrogens with zero attached hydrogens (tertiary/aromatic N) is 3.